The van der Waals surface area contributed by atoms with Crippen molar-refractivity contribution in [3.8, 4) is 0 Å². The first-order chi connectivity index (χ1) is 17.5. The lowest BCUT2D eigenvalue weighted by Crippen LogP contribution is -2.74. The first-order valence-corrected chi connectivity index (χ1v) is 12.4. The second kappa shape index (κ2) is 11.6. The predicted molar refractivity (Wildman–Crippen MR) is 114 cm³/mol. The molecule has 0 rings (SSSR count). The van der Waals surface area contributed by atoms with Gasteiger partial charge in [0.05, 0.1) is 0 Å². The lowest BCUT2D eigenvalue weighted by molar-refractivity contribution is -0.458. The van der Waals surface area contributed by atoms with Gasteiger partial charge in [-0.05, 0) is 5.41 Å². The zero-order valence-electron chi connectivity index (χ0n) is 21.7. The van der Waals surface area contributed by atoms with Gasteiger partial charge in [-0.3, -0.25) is 9.35 Å². The first kappa shape index (κ1) is 42.9. The number of alkyl halides is 17. The highest BCUT2D eigenvalue weighted by Gasteiger charge is 2.96. The second-order valence-electron chi connectivity index (χ2n) is 10.7. The van der Waals surface area contributed by atoms with Crippen molar-refractivity contribution >= 4 is 28.5 Å². The van der Waals surface area contributed by atoms with E-state index in [1.54, 1.807) is 0 Å². The van der Waals surface area contributed by atoms with Crippen molar-refractivity contribution in [1.29, 1.82) is 0 Å². The molecule has 42 heavy (non-hydrogen) atoms. The smallest absolute Gasteiger partial charge is 0.299 e. The Balaban J connectivity index is 0. The van der Waals surface area contributed by atoms with Crippen LogP contribution >= 0.6 is 12.6 Å². The Kier molecular flexibility index (Phi) is 11.8. The molecule has 1 unspecified atom stereocenters. The Morgan fingerprint density at radius 2 is 0.857 bits per heavy atom. The Morgan fingerprint density at radius 1 is 0.595 bits per heavy atom. The van der Waals surface area contributed by atoms with Crippen LogP contribution in [0.5, 0.6) is 0 Å². The summed E-state index contributed by atoms with van der Waals surface area (Å²) in [4.78, 5) is 11.7. The van der Waals surface area contributed by atoms with Crippen LogP contribution in [0.2, 0.25) is 0 Å². The van der Waals surface area contributed by atoms with E-state index >= 15 is 0 Å². The molecule has 0 aliphatic heterocycles. The van der Waals surface area contributed by atoms with Gasteiger partial charge < -0.3 is 0 Å². The third-order valence-corrected chi connectivity index (χ3v) is 7.09. The molecule has 0 fully saturated rings. The summed E-state index contributed by atoms with van der Waals surface area (Å²) in [6.45, 7) is 12.2. The average Bonchev–Trinajstić information content (AvgIpc) is 2.70. The minimum atomic E-state index is -8.89. The summed E-state index contributed by atoms with van der Waals surface area (Å²) in [6.07, 6.45) is -7.32. The minimum Gasteiger partial charge on any atom is -0.299 e. The molecule has 0 bridgehead atoms. The van der Waals surface area contributed by atoms with Crippen molar-refractivity contribution in [3.05, 3.63) is 0 Å². The topological polar surface area (TPSA) is 71.4 Å². The van der Waals surface area contributed by atoms with Gasteiger partial charge in [0.15, 0.2) is 0 Å². The number of carbonyl (C=O) groups is 1. The number of rotatable bonds is 9. The number of Topliss-reactive ketones (excluding diaryl/α,β-unsaturated/α-hetero) is 1. The molecule has 0 aliphatic carbocycles. The van der Waals surface area contributed by atoms with Gasteiger partial charge in [0.25, 0.3) is 0 Å². The SMILES string of the molecule is CC(C)(C)C(=O)CC(S)C(C)(C)C.O=S(=O)(O)C(F)(F)C(F)(F)C(F)(F)C(F)(F)C(F)(F)C(F)(F)C(F)(F)C(F)(F)F. The summed E-state index contributed by atoms with van der Waals surface area (Å²) in [7, 11) is -7.89. The minimum absolute atomic E-state index is 0.101. The van der Waals surface area contributed by atoms with E-state index < -0.39 is 57.1 Å². The van der Waals surface area contributed by atoms with Gasteiger partial charge in [0.1, 0.15) is 5.78 Å². The molecule has 254 valence electrons. The van der Waals surface area contributed by atoms with Crippen LogP contribution in [0, 0.1) is 10.8 Å². The molecule has 23 heteroatoms. The fourth-order valence-corrected chi connectivity index (χ4v) is 2.72. The highest BCUT2D eigenvalue weighted by Crippen LogP contribution is 2.64. The van der Waals surface area contributed by atoms with Gasteiger partial charge in [-0.15, -0.1) is 0 Å². The Morgan fingerprint density at radius 3 is 1.07 bits per heavy atom. The van der Waals surface area contributed by atoms with Gasteiger partial charge in [0, 0.05) is 17.1 Å². The standard InChI is InChI=1S/C11H22OS.C8HF17O3S/c1-10(2,3)8(12)7-9(13)11(4,5)6;9-1(10,3(13,14)5(17,18)7(21,22)23)2(11,12)4(15,16)6(19,20)8(24,25)29(26,27)28/h9,13H,7H2,1-6H3;(H,26,27,28). The van der Waals surface area contributed by atoms with Crippen LogP contribution in [0.4, 0.5) is 74.6 Å². The Hall–Kier alpha value is -1.26. The lowest BCUT2D eigenvalue weighted by atomic mass is 9.82. The maximum Gasteiger partial charge on any atom is 0.460 e. The van der Waals surface area contributed by atoms with E-state index in [1.807, 2.05) is 20.8 Å². The molecular weight excluding hydrogens is 679 g/mol. The maximum absolute atomic E-state index is 13.0. The van der Waals surface area contributed by atoms with Crippen LogP contribution in [0.1, 0.15) is 48.0 Å². The summed E-state index contributed by atoms with van der Waals surface area (Å²) in [5, 5.41) is -7.69. The largest absolute Gasteiger partial charge is 0.460 e. The molecule has 0 aromatic rings. The number of thiol groups is 1. The molecule has 0 saturated heterocycles. The maximum atomic E-state index is 13.0. The molecule has 0 aromatic carbocycles. The number of hydrogen-bond acceptors (Lipinski definition) is 4. The predicted octanol–water partition coefficient (Wildman–Crippen LogP) is 8.18. The summed E-state index contributed by atoms with van der Waals surface area (Å²) in [5.41, 5.74) is -0.129. The molecule has 0 aromatic heterocycles. The zero-order chi connectivity index (χ0) is 35.4. The van der Waals surface area contributed by atoms with E-state index in [0.29, 0.717) is 12.2 Å². The van der Waals surface area contributed by atoms with Crippen LogP contribution in [0.3, 0.4) is 0 Å². The highest BCUT2D eigenvalue weighted by atomic mass is 32.2. The van der Waals surface area contributed by atoms with E-state index in [2.05, 4.69) is 33.4 Å². The third-order valence-electron chi connectivity index (χ3n) is 5.23. The summed E-state index contributed by atoms with van der Waals surface area (Å²) in [5.74, 6) is -51.7. The number of ketones is 1. The van der Waals surface area contributed by atoms with Gasteiger partial charge in [-0.2, -0.15) is 95.7 Å². The van der Waals surface area contributed by atoms with Crippen molar-refractivity contribution in [2.45, 2.75) is 100 Å². The molecule has 0 spiro atoms. The van der Waals surface area contributed by atoms with Crippen LogP contribution in [-0.4, -0.2) is 71.0 Å². The van der Waals surface area contributed by atoms with Gasteiger partial charge in [-0.25, -0.2) is 0 Å². The van der Waals surface area contributed by atoms with Crippen LogP contribution in [0.25, 0.3) is 0 Å². The van der Waals surface area contributed by atoms with E-state index in [0.717, 1.165) is 0 Å². The Labute approximate surface area is 232 Å². The van der Waals surface area contributed by atoms with Crippen molar-refractivity contribution < 1.29 is 92.4 Å². The molecule has 0 radical (unpaired) electrons. The molecule has 4 nitrogen and oxygen atoms in total. The quantitative estimate of drug-likeness (QED) is 0.145. The van der Waals surface area contributed by atoms with Gasteiger partial charge >= 0.3 is 57.1 Å². The average molecular weight is 702 g/mol. The molecular formula is C19H23F17O4S2. The molecule has 0 amide bonds. The molecule has 0 saturated carbocycles. The summed E-state index contributed by atoms with van der Waals surface area (Å²) in [6, 6.07) is 0. The number of halogens is 17. The molecule has 1 N–H and O–H groups in total. The van der Waals surface area contributed by atoms with Crippen molar-refractivity contribution in [2.75, 3.05) is 0 Å². The fraction of sp³-hybridized carbons (Fsp3) is 0.947. The number of carbonyl (C=O) groups excluding carboxylic acids is 1. The monoisotopic (exact) mass is 702 g/mol. The van der Waals surface area contributed by atoms with Gasteiger partial charge in [-0.1, -0.05) is 41.5 Å². The lowest BCUT2D eigenvalue weighted by Gasteiger charge is -2.42. The van der Waals surface area contributed by atoms with Crippen LogP contribution in [-0.2, 0) is 14.9 Å². The van der Waals surface area contributed by atoms with E-state index in [9.17, 15) is 87.8 Å². The van der Waals surface area contributed by atoms with E-state index in [4.69, 9.17) is 4.55 Å². The van der Waals surface area contributed by atoms with Crippen molar-refractivity contribution in [3.63, 3.8) is 0 Å². The van der Waals surface area contributed by atoms with Crippen LogP contribution < -0.4 is 0 Å². The normalized spacial score (nSPS) is 16.5. The summed E-state index contributed by atoms with van der Waals surface area (Å²) >= 11 is 4.46. The highest BCUT2D eigenvalue weighted by molar-refractivity contribution is 7.87. The summed E-state index contributed by atoms with van der Waals surface area (Å²) < 4.78 is 242. The van der Waals surface area contributed by atoms with Crippen LogP contribution in [0.15, 0.2) is 0 Å². The first-order valence-electron chi connectivity index (χ1n) is 10.4. The second-order valence-corrected chi connectivity index (χ2v) is 12.8. The fourth-order valence-electron chi connectivity index (χ4n) is 2.10. The van der Waals surface area contributed by atoms with Gasteiger partial charge in [0.2, 0.25) is 0 Å². The van der Waals surface area contributed by atoms with E-state index in [-0.39, 0.29) is 16.1 Å². The molecule has 0 aliphatic rings. The van der Waals surface area contributed by atoms with E-state index in [1.165, 1.54) is 0 Å². The molecule has 0 heterocycles. The van der Waals surface area contributed by atoms with Crippen molar-refractivity contribution in [2.24, 2.45) is 10.8 Å². The zero-order valence-corrected chi connectivity index (χ0v) is 23.4. The van der Waals surface area contributed by atoms with Crippen molar-refractivity contribution in [1.82, 2.24) is 0 Å². The number of hydrogen-bond donors (Lipinski definition) is 2. The third kappa shape index (κ3) is 7.33. The Bertz CT molecular complexity index is 1070. The molecule has 1 atom stereocenters.